The number of aliphatic hydroxyl groups excluding tert-OH is 1. The summed E-state index contributed by atoms with van der Waals surface area (Å²) in [6.45, 7) is 2.36. The second kappa shape index (κ2) is 14.2. The fourth-order valence-electron chi connectivity index (χ4n) is 5.13. The van der Waals surface area contributed by atoms with Gasteiger partial charge in [0, 0.05) is 11.3 Å². The fourth-order valence-corrected chi connectivity index (χ4v) is 7.42. The van der Waals surface area contributed by atoms with Gasteiger partial charge in [-0.3, -0.25) is 14.5 Å². The Morgan fingerprint density at radius 1 is 1.04 bits per heavy atom. The minimum atomic E-state index is -1.14. The summed E-state index contributed by atoms with van der Waals surface area (Å²) in [5, 5.41) is 30.7. The summed E-state index contributed by atoms with van der Waals surface area (Å²) in [7, 11) is 1.38. The first kappa shape index (κ1) is 33.2. The van der Waals surface area contributed by atoms with Gasteiger partial charge in [0.25, 0.3) is 5.78 Å². The lowest BCUT2D eigenvalue weighted by atomic mass is 9.95. The van der Waals surface area contributed by atoms with Gasteiger partial charge in [-0.2, -0.15) is 0 Å². The number of aliphatic hydroxyl groups is 1. The second-order valence-corrected chi connectivity index (χ2v) is 13.8. The van der Waals surface area contributed by atoms with Gasteiger partial charge in [0.15, 0.2) is 15.8 Å². The number of phenols is 1. The highest BCUT2D eigenvalue weighted by Crippen LogP contribution is 2.47. The Kier molecular flexibility index (Phi) is 9.81. The molecule has 1 aromatic heterocycles. The van der Waals surface area contributed by atoms with E-state index in [4.69, 9.17) is 9.47 Å². The number of Topliss-reactive ketones (excluding diaryl/α,β-unsaturated/α-hetero) is 1. The first-order valence-electron chi connectivity index (χ1n) is 14.5. The molecular formula is C35H27BrFN3O6S2. The molecule has 0 radical (unpaired) electrons. The third-order valence-corrected chi connectivity index (χ3v) is 10.4. The van der Waals surface area contributed by atoms with Crippen LogP contribution in [0.15, 0.2) is 99.3 Å². The molecule has 0 saturated carbocycles. The topological polar surface area (TPSA) is 122 Å². The molecule has 1 unspecified atom stereocenters. The van der Waals surface area contributed by atoms with Crippen LogP contribution < -0.4 is 14.4 Å². The number of methoxy groups -OCH3 is 1. The molecule has 2 N–H and O–H groups in total. The van der Waals surface area contributed by atoms with Crippen LogP contribution in [0.25, 0.3) is 5.76 Å². The zero-order valence-electron chi connectivity index (χ0n) is 25.5. The van der Waals surface area contributed by atoms with Gasteiger partial charge in [-0.15, -0.1) is 10.2 Å². The summed E-state index contributed by atoms with van der Waals surface area (Å²) in [5.41, 5.74) is 3.48. The Morgan fingerprint density at radius 3 is 2.48 bits per heavy atom. The third-order valence-electron chi connectivity index (χ3n) is 7.69. The zero-order chi connectivity index (χ0) is 33.9. The maximum Gasteiger partial charge on any atom is 0.301 e. The van der Waals surface area contributed by atoms with Gasteiger partial charge in [-0.1, -0.05) is 59.5 Å². The lowest BCUT2D eigenvalue weighted by Gasteiger charge is -2.23. The number of nitrogens with zero attached hydrogens (tertiary/aromatic N) is 3. The monoisotopic (exact) mass is 747 g/mol. The average molecular weight is 749 g/mol. The van der Waals surface area contributed by atoms with E-state index in [-0.39, 0.29) is 32.5 Å². The Morgan fingerprint density at radius 2 is 1.77 bits per heavy atom. The molecule has 4 aromatic carbocycles. The number of hydrogen-bond acceptors (Lipinski definition) is 10. The molecular weight excluding hydrogens is 721 g/mol. The van der Waals surface area contributed by atoms with Crippen molar-refractivity contribution in [2.45, 2.75) is 29.7 Å². The van der Waals surface area contributed by atoms with Crippen molar-refractivity contribution in [1.82, 2.24) is 10.2 Å². The maximum atomic E-state index is 13.7. The Hall–Kier alpha value is -4.72. The standard InChI is InChI=1S/C35H27BrFN3O6S2/c1-19-5-3-4-6-22(19)17-46-25-13-9-21(10-14-25)30(41)28-29(23-15-26(36)31(42)27(16-23)45-2)40(33(44)32(28)43)34-38-39-35(48-34)47-18-20-7-11-24(37)12-8-20/h3-16,29,41-42H,17-18H2,1-2H3/b30-28+. The minimum absolute atomic E-state index is 0.0907. The third kappa shape index (κ3) is 6.80. The molecule has 1 atom stereocenters. The summed E-state index contributed by atoms with van der Waals surface area (Å²) in [5.74, 6) is -1.61. The molecule has 0 bridgehead atoms. The van der Waals surface area contributed by atoms with Gasteiger partial charge in [-0.05, 0) is 93.6 Å². The van der Waals surface area contributed by atoms with Crippen LogP contribution in [0.1, 0.15) is 33.9 Å². The smallest absolute Gasteiger partial charge is 0.301 e. The number of rotatable bonds is 10. The SMILES string of the molecule is COc1cc(C2/C(=C(\O)c3ccc(OCc4ccccc4C)cc3)C(=O)C(=O)N2c2nnc(SCc3ccc(F)cc3)s2)cc(Br)c1O. The Bertz CT molecular complexity index is 2040. The number of ketones is 1. The van der Waals surface area contributed by atoms with E-state index in [1.165, 1.54) is 42.0 Å². The molecule has 2 heterocycles. The molecule has 1 saturated heterocycles. The number of carbonyl (C=O) groups excluding carboxylic acids is 2. The molecule has 0 spiro atoms. The molecule has 1 amide bonds. The quantitative estimate of drug-likeness (QED) is 0.0482. The summed E-state index contributed by atoms with van der Waals surface area (Å²) < 4.78 is 25.4. The number of hydrogen-bond donors (Lipinski definition) is 2. The van der Waals surface area contributed by atoms with Gasteiger partial charge in [0.1, 0.15) is 23.9 Å². The average Bonchev–Trinajstić information content (AvgIpc) is 3.66. The molecule has 1 aliphatic rings. The van der Waals surface area contributed by atoms with Gasteiger partial charge in [0.2, 0.25) is 5.13 Å². The number of aromatic nitrogens is 2. The number of carbonyl (C=O) groups is 2. The van der Waals surface area contributed by atoms with E-state index < -0.39 is 23.5 Å². The predicted octanol–water partition coefficient (Wildman–Crippen LogP) is 7.96. The van der Waals surface area contributed by atoms with Gasteiger partial charge >= 0.3 is 5.91 Å². The molecule has 244 valence electrons. The number of phenolic OH excluding ortho intramolecular Hbond substituents is 1. The molecule has 1 aliphatic heterocycles. The van der Waals surface area contributed by atoms with Crippen molar-refractivity contribution in [3.05, 3.63) is 129 Å². The molecule has 9 nitrogen and oxygen atoms in total. The van der Waals surface area contributed by atoms with Crippen LogP contribution in [0.3, 0.4) is 0 Å². The van der Waals surface area contributed by atoms with Crippen molar-refractivity contribution in [2.75, 3.05) is 12.0 Å². The van der Waals surface area contributed by atoms with E-state index in [2.05, 4.69) is 26.1 Å². The first-order valence-corrected chi connectivity index (χ1v) is 17.1. The molecule has 1 fully saturated rings. The fraction of sp³-hybridized carbons (Fsp3) is 0.143. The number of amides is 1. The normalized spacial score (nSPS) is 15.6. The number of aromatic hydroxyl groups is 1. The summed E-state index contributed by atoms with van der Waals surface area (Å²) in [6.07, 6.45) is 0. The van der Waals surface area contributed by atoms with Gasteiger partial charge in [-0.25, -0.2) is 4.39 Å². The largest absolute Gasteiger partial charge is 0.507 e. The van der Waals surface area contributed by atoms with Crippen LogP contribution in [0.2, 0.25) is 0 Å². The van der Waals surface area contributed by atoms with Crippen molar-refractivity contribution >= 4 is 61.6 Å². The lowest BCUT2D eigenvalue weighted by Crippen LogP contribution is -2.29. The molecule has 5 aromatic rings. The van der Waals surface area contributed by atoms with Crippen molar-refractivity contribution in [2.24, 2.45) is 0 Å². The molecule has 48 heavy (non-hydrogen) atoms. The number of ether oxygens (including phenoxy) is 2. The van der Waals surface area contributed by atoms with E-state index in [0.29, 0.717) is 33.6 Å². The van der Waals surface area contributed by atoms with Crippen LogP contribution >= 0.6 is 39.0 Å². The summed E-state index contributed by atoms with van der Waals surface area (Å²) in [4.78, 5) is 28.6. The molecule has 13 heteroatoms. The maximum absolute atomic E-state index is 13.7. The second-order valence-electron chi connectivity index (χ2n) is 10.7. The summed E-state index contributed by atoms with van der Waals surface area (Å²) >= 11 is 5.76. The van der Waals surface area contributed by atoms with Crippen LogP contribution in [0, 0.1) is 12.7 Å². The van der Waals surface area contributed by atoms with Crippen LogP contribution in [-0.4, -0.2) is 39.2 Å². The molecule has 6 rings (SSSR count). The van der Waals surface area contributed by atoms with E-state index in [1.54, 1.807) is 42.5 Å². The highest BCUT2D eigenvalue weighted by atomic mass is 79.9. The minimum Gasteiger partial charge on any atom is -0.507 e. The van der Waals surface area contributed by atoms with Crippen molar-refractivity contribution < 1.29 is 33.7 Å². The number of aryl methyl sites for hydroxylation is 1. The van der Waals surface area contributed by atoms with Crippen LogP contribution in [0.5, 0.6) is 17.2 Å². The zero-order valence-corrected chi connectivity index (χ0v) is 28.7. The highest BCUT2D eigenvalue weighted by Gasteiger charge is 2.48. The van der Waals surface area contributed by atoms with E-state index >= 15 is 0 Å². The molecule has 0 aliphatic carbocycles. The van der Waals surface area contributed by atoms with Crippen LogP contribution in [-0.2, 0) is 21.9 Å². The number of benzene rings is 4. The highest BCUT2D eigenvalue weighted by molar-refractivity contribution is 9.10. The number of anilines is 1. The summed E-state index contributed by atoms with van der Waals surface area (Å²) in [6, 6.07) is 22.4. The number of halogens is 2. The first-order chi connectivity index (χ1) is 23.1. The van der Waals surface area contributed by atoms with Crippen molar-refractivity contribution in [1.29, 1.82) is 0 Å². The van der Waals surface area contributed by atoms with Crippen molar-refractivity contribution in [3.8, 4) is 17.2 Å². The van der Waals surface area contributed by atoms with E-state index in [0.717, 1.165) is 28.0 Å². The Balaban J connectivity index is 1.35. The van der Waals surface area contributed by atoms with Crippen molar-refractivity contribution in [3.63, 3.8) is 0 Å². The Labute approximate surface area is 291 Å². The van der Waals surface area contributed by atoms with Crippen LogP contribution in [0.4, 0.5) is 9.52 Å². The van der Waals surface area contributed by atoms with E-state index in [9.17, 15) is 24.2 Å². The predicted molar refractivity (Wildman–Crippen MR) is 185 cm³/mol. The van der Waals surface area contributed by atoms with Gasteiger partial charge in [0.05, 0.1) is 23.2 Å². The number of thioether (sulfide) groups is 1. The lowest BCUT2D eigenvalue weighted by molar-refractivity contribution is -0.132. The van der Waals surface area contributed by atoms with Gasteiger partial charge < -0.3 is 19.7 Å². The van der Waals surface area contributed by atoms with E-state index in [1.807, 2.05) is 31.2 Å².